The van der Waals surface area contributed by atoms with Crippen LogP contribution in [0.4, 0.5) is 5.69 Å². The van der Waals surface area contributed by atoms with E-state index in [1.54, 1.807) is 12.1 Å². The molecule has 2 N–H and O–H groups in total. The third kappa shape index (κ3) is 3.29. The number of likely N-dealkylation sites (tertiary alicyclic amines) is 1. The maximum atomic E-state index is 12.0. The van der Waals surface area contributed by atoms with E-state index < -0.39 is 11.8 Å². The topological polar surface area (TPSA) is 69.6 Å². The summed E-state index contributed by atoms with van der Waals surface area (Å²) in [5.74, 6) is -1.22. The zero-order valence-corrected chi connectivity index (χ0v) is 12.0. The number of carbonyl (C=O) groups excluding carboxylic acids is 2. The first kappa shape index (κ1) is 14.8. The maximum Gasteiger partial charge on any atom is 0.313 e. The number of rotatable bonds is 2. The van der Waals surface area contributed by atoms with Gasteiger partial charge in [0.05, 0.1) is 10.7 Å². The minimum absolute atomic E-state index is 0.0369. The predicted octanol–water partition coefficient (Wildman–Crippen LogP) is 1.43. The second kappa shape index (κ2) is 6.24. The molecule has 0 saturated carbocycles. The van der Waals surface area contributed by atoms with E-state index in [0.29, 0.717) is 23.8 Å². The quantitative estimate of drug-likeness (QED) is 0.811. The molecule has 1 aromatic rings. The van der Waals surface area contributed by atoms with E-state index in [1.807, 2.05) is 13.0 Å². The molecule has 1 saturated heterocycles. The lowest BCUT2D eigenvalue weighted by molar-refractivity contribution is -0.142. The van der Waals surface area contributed by atoms with Crippen LogP contribution in [-0.4, -0.2) is 41.5 Å². The van der Waals surface area contributed by atoms with Crippen LogP contribution in [0.2, 0.25) is 5.02 Å². The van der Waals surface area contributed by atoms with Gasteiger partial charge in [0.1, 0.15) is 0 Å². The molecular formula is C14H17ClN2O3. The van der Waals surface area contributed by atoms with E-state index in [1.165, 1.54) is 4.90 Å². The van der Waals surface area contributed by atoms with Crippen LogP contribution in [0.5, 0.6) is 0 Å². The van der Waals surface area contributed by atoms with Gasteiger partial charge in [-0.15, -0.1) is 0 Å². The highest BCUT2D eigenvalue weighted by atomic mass is 35.5. The molecular weight excluding hydrogens is 280 g/mol. The van der Waals surface area contributed by atoms with Crippen molar-refractivity contribution < 1.29 is 14.7 Å². The van der Waals surface area contributed by atoms with Gasteiger partial charge in [0, 0.05) is 25.6 Å². The number of anilines is 1. The number of benzene rings is 1. The smallest absolute Gasteiger partial charge is 0.313 e. The number of aliphatic hydroxyl groups is 1. The van der Waals surface area contributed by atoms with Gasteiger partial charge in [-0.1, -0.05) is 17.7 Å². The van der Waals surface area contributed by atoms with Crippen molar-refractivity contribution in [2.75, 3.05) is 25.0 Å². The van der Waals surface area contributed by atoms with Crippen molar-refractivity contribution in [3.05, 3.63) is 28.8 Å². The van der Waals surface area contributed by atoms with Gasteiger partial charge in [-0.25, -0.2) is 0 Å². The molecule has 2 amide bonds. The molecule has 1 aliphatic rings. The van der Waals surface area contributed by atoms with Crippen LogP contribution in [0.3, 0.4) is 0 Å². The molecule has 0 radical (unpaired) electrons. The molecule has 0 aromatic heterocycles. The van der Waals surface area contributed by atoms with Crippen LogP contribution < -0.4 is 5.32 Å². The van der Waals surface area contributed by atoms with E-state index in [0.717, 1.165) is 12.0 Å². The Morgan fingerprint density at radius 2 is 2.25 bits per heavy atom. The van der Waals surface area contributed by atoms with E-state index in [2.05, 4.69) is 5.32 Å². The van der Waals surface area contributed by atoms with Crippen molar-refractivity contribution in [3.63, 3.8) is 0 Å². The number of carbonyl (C=O) groups is 2. The first-order valence-corrected chi connectivity index (χ1v) is 6.86. The minimum Gasteiger partial charge on any atom is -0.396 e. The number of aliphatic hydroxyl groups excluding tert-OH is 1. The molecule has 6 heteroatoms. The van der Waals surface area contributed by atoms with E-state index in [9.17, 15) is 9.59 Å². The number of hydrogen-bond acceptors (Lipinski definition) is 3. The first-order chi connectivity index (χ1) is 9.51. The molecule has 0 spiro atoms. The number of hydrogen-bond donors (Lipinski definition) is 2. The Morgan fingerprint density at radius 1 is 1.50 bits per heavy atom. The molecule has 1 aromatic carbocycles. The summed E-state index contributed by atoms with van der Waals surface area (Å²) in [5, 5.41) is 12.0. The van der Waals surface area contributed by atoms with Gasteiger partial charge >= 0.3 is 11.8 Å². The number of amides is 2. The van der Waals surface area contributed by atoms with Crippen LogP contribution in [0.1, 0.15) is 12.0 Å². The molecule has 1 aliphatic heterocycles. The Balaban J connectivity index is 1.99. The first-order valence-electron chi connectivity index (χ1n) is 6.48. The van der Waals surface area contributed by atoms with Crippen LogP contribution in [0, 0.1) is 12.8 Å². The molecule has 1 atom stereocenters. The van der Waals surface area contributed by atoms with Crippen LogP contribution in [0.25, 0.3) is 0 Å². The summed E-state index contributed by atoms with van der Waals surface area (Å²) >= 11 is 6.01. The van der Waals surface area contributed by atoms with Gasteiger partial charge < -0.3 is 15.3 Å². The number of nitrogens with one attached hydrogen (secondary N) is 1. The summed E-state index contributed by atoms with van der Waals surface area (Å²) in [4.78, 5) is 25.3. The van der Waals surface area contributed by atoms with Gasteiger partial charge in [-0.2, -0.15) is 0 Å². The molecule has 5 nitrogen and oxygen atoms in total. The summed E-state index contributed by atoms with van der Waals surface area (Å²) in [5.41, 5.74) is 1.40. The molecule has 1 heterocycles. The largest absolute Gasteiger partial charge is 0.396 e. The van der Waals surface area contributed by atoms with Gasteiger partial charge in [-0.05, 0) is 31.0 Å². The Bertz CT molecular complexity index is 533. The van der Waals surface area contributed by atoms with Gasteiger partial charge in [0.25, 0.3) is 0 Å². The predicted molar refractivity (Wildman–Crippen MR) is 76.6 cm³/mol. The van der Waals surface area contributed by atoms with Gasteiger partial charge in [-0.3, -0.25) is 9.59 Å². The average Bonchev–Trinajstić information content (AvgIpc) is 2.89. The maximum absolute atomic E-state index is 12.0. The van der Waals surface area contributed by atoms with Crippen molar-refractivity contribution in [2.24, 2.45) is 5.92 Å². The highest BCUT2D eigenvalue weighted by Crippen LogP contribution is 2.23. The highest BCUT2D eigenvalue weighted by molar-refractivity contribution is 6.41. The van der Waals surface area contributed by atoms with Crippen molar-refractivity contribution in [1.82, 2.24) is 4.90 Å². The minimum atomic E-state index is -0.700. The zero-order chi connectivity index (χ0) is 14.7. The lowest BCUT2D eigenvalue weighted by Crippen LogP contribution is -2.38. The zero-order valence-electron chi connectivity index (χ0n) is 11.2. The summed E-state index contributed by atoms with van der Waals surface area (Å²) in [6, 6.07) is 5.20. The van der Waals surface area contributed by atoms with Crippen molar-refractivity contribution in [2.45, 2.75) is 13.3 Å². The average molecular weight is 297 g/mol. The standard InChI is InChI=1S/C14H17ClN2O3/c1-9-2-3-12(11(15)6-9)16-13(19)14(20)17-5-4-10(7-17)8-18/h2-3,6,10,18H,4-5,7-8H2,1H3,(H,16,19). The fraction of sp³-hybridized carbons (Fsp3) is 0.429. The molecule has 1 unspecified atom stereocenters. The Labute approximate surface area is 122 Å². The van der Waals surface area contributed by atoms with Crippen LogP contribution in [-0.2, 0) is 9.59 Å². The van der Waals surface area contributed by atoms with E-state index >= 15 is 0 Å². The highest BCUT2D eigenvalue weighted by Gasteiger charge is 2.29. The molecule has 0 bridgehead atoms. The molecule has 20 heavy (non-hydrogen) atoms. The lowest BCUT2D eigenvalue weighted by Gasteiger charge is -2.16. The summed E-state index contributed by atoms with van der Waals surface area (Å²) < 4.78 is 0. The molecule has 0 aliphatic carbocycles. The van der Waals surface area contributed by atoms with Crippen LogP contribution in [0.15, 0.2) is 18.2 Å². The second-order valence-electron chi connectivity index (χ2n) is 5.03. The summed E-state index contributed by atoms with van der Waals surface area (Å²) in [6.07, 6.45) is 0.723. The van der Waals surface area contributed by atoms with Gasteiger partial charge in [0.2, 0.25) is 0 Å². The lowest BCUT2D eigenvalue weighted by atomic mass is 10.1. The molecule has 1 fully saturated rings. The Morgan fingerprint density at radius 3 is 2.85 bits per heavy atom. The molecule has 2 rings (SSSR count). The molecule has 108 valence electrons. The van der Waals surface area contributed by atoms with Crippen LogP contribution >= 0.6 is 11.6 Å². The fourth-order valence-electron chi connectivity index (χ4n) is 2.21. The number of halogens is 1. The monoisotopic (exact) mass is 296 g/mol. The summed E-state index contributed by atoms with van der Waals surface area (Å²) in [6.45, 7) is 2.85. The van der Waals surface area contributed by atoms with Crippen molar-refractivity contribution in [1.29, 1.82) is 0 Å². The Kier molecular flexibility index (Phi) is 4.62. The fourth-order valence-corrected chi connectivity index (χ4v) is 2.49. The van der Waals surface area contributed by atoms with Crippen molar-refractivity contribution >= 4 is 29.1 Å². The van der Waals surface area contributed by atoms with E-state index in [4.69, 9.17) is 16.7 Å². The normalized spacial score (nSPS) is 18.1. The van der Waals surface area contributed by atoms with Gasteiger partial charge in [0.15, 0.2) is 0 Å². The second-order valence-corrected chi connectivity index (χ2v) is 5.43. The SMILES string of the molecule is Cc1ccc(NC(=O)C(=O)N2CCC(CO)C2)c(Cl)c1. The Hall–Kier alpha value is -1.59. The van der Waals surface area contributed by atoms with Crippen molar-refractivity contribution in [3.8, 4) is 0 Å². The summed E-state index contributed by atoms with van der Waals surface area (Å²) in [7, 11) is 0. The van der Waals surface area contributed by atoms with E-state index in [-0.39, 0.29) is 12.5 Å². The third-order valence-electron chi connectivity index (χ3n) is 3.40. The number of nitrogens with zero attached hydrogens (tertiary/aromatic N) is 1. The number of aryl methyl sites for hydroxylation is 1. The third-order valence-corrected chi connectivity index (χ3v) is 3.71.